The van der Waals surface area contributed by atoms with Gasteiger partial charge in [-0.05, 0) is 38.8 Å². The number of nitrogens with one attached hydrogen (secondary N) is 2. The second-order valence-corrected chi connectivity index (χ2v) is 7.14. The average Bonchev–Trinajstić information content (AvgIpc) is 2.64. The number of hydrogen-bond donors (Lipinski definition) is 2. The molecule has 1 aliphatic rings. The number of esters is 1. The zero-order valence-corrected chi connectivity index (χ0v) is 16.4. The monoisotopic (exact) mass is 376 g/mol. The number of ether oxygens (including phenoxy) is 1. The van der Waals surface area contributed by atoms with Gasteiger partial charge < -0.3 is 19.9 Å². The molecule has 1 aliphatic heterocycles. The summed E-state index contributed by atoms with van der Waals surface area (Å²) in [6, 6.07) is 7.51. The van der Waals surface area contributed by atoms with Crippen molar-refractivity contribution < 1.29 is 24.0 Å². The van der Waals surface area contributed by atoms with Crippen LogP contribution in [-0.2, 0) is 19.1 Å². The van der Waals surface area contributed by atoms with Gasteiger partial charge >= 0.3 is 5.97 Å². The Bertz CT molecular complexity index is 660. The third-order valence-electron chi connectivity index (χ3n) is 4.78. The largest absolute Gasteiger partial charge is 0.466 e. The van der Waals surface area contributed by atoms with Crippen molar-refractivity contribution in [1.82, 2.24) is 4.90 Å². The topological polar surface area (TPSA) is 80.2 Å². The first-order valence-corrected chi connectivity index (χ1v) is 9.49. The summed E-state index contributed by atoms with van der Waals surface area (Å²) in [4.78, 5) is 39.0. The van der Waals surface area contributed by atoms with Gasteiger partial charge in [0.2, 0.25) is 5.91 Å². The third-order valence-corrected chi connectivity index (χ3v) is 4.78. The predicted molar refractivity (Wildman–Crippen MR) is 102 cm³/mol. The van der Waals surface area contributed by atoms with Gasteiger partial charge in [0.1, 0.15) is 5.92 Å². The first-order valence-electron chi connectivity index (χ1n) is 9.49. The van der Waals surface area contributed by atoms with E-state index in [0.717, 1.165) is 29.8 Å². The summed E-state index contributed by atoms with van der Waals surface area (Å²) in [7, 11) is 1.63. The SMILES string of the molecule is CCOC(=O)[C@H]1CCC[NH+](CC(=O)N(C)CC(=O)Nc2ccc(C)cc2)C1. The maximum absolute atomic E-state index is 12.5. The van der Waals surface area contributed by atoms with Gasteiger partial charge in [-0.2, -0.15) is 0 Å². The Balaban J connectivity index is 1.79. The second kappa shape index (κ2) is 10.1. The van der Waals surface area contributed by atoms with Crippen LogP contribution in [0.15, 0.2) is 24.3 Å². The number of quaternary nitrogens is 1. The highest BCUT2D eigenvalue weighted by Crippen LogP contribution is 2.10. The molecule has 0 saturated carbocycles. The number of piperidine rings is 1. The lowest BCUT2D eigenvalue weighted by molar-refractivity contribution is -0.899. The highest BCUT2D eigenvalue weighted by molar-refractivity contribution is 5.94. The van der Waals surface area contributed by atoms with E-state index in [1.807, 2.05) is 31.2 Å². The van der Waals surface area contributed by atoms with Crippen LogP contribution in [0.2, 0.25) is 0 Å². The van der Waals surface area contributed by atoms with E-state index in [2.05, 4.69) is 5.32 Å². The van der Waals surface area contributed by atoms with Gasteiger partial charge in [0, 0.05) is 12.7 Å². The molecule has 0 aliphatic carbocycles. The molecule has 2 N–H and O–H groups in total. The average molecular weight is 376 g/mol. The van der Waals surface area contributed by atoms with Crippen molar-refractivity contribution in [1.29, 1.82) is 0 Å². The number of rotatable bonds is 7. The molecule has 0 radical (unpaired) electrons. The number of nitrogens with zero attached hydrogens (tertiary/aromatic N) is 1. The first-order chi connectivity index (χ1) is 12.9. The number of likely N-dealkylation sites (N-methyl/N-ethyl adjacent to an activating group) is 1. The molecule has 7 nitrogen and oxygen atoms in total. The van der Waals surface area contributed by atoms with Crippen LogP contribution in [-0.4, -0.2) is 62.5 Å². The second-order valence-electron chi connectivity index (χ2n) is 7.14. The molecular weight excluding hydrogens is 346 g/mol. The van der Waals surface area contributed by atoms with E-state index < -0.39 is 0 Å². The quantitative estimate of drug-likeness (QED) is 0.669. The van der Waals surface area contributed by atoms with Gasteiger partial charge in [0.05, 0.1) is 26.2 Å². The number of carbonyl (C=O) groups is 3. The van der Waals surface area contributed by atoms with Crippen LogP contribution >= 0.6 is 0 Å². The van der Waals surface area contributed by atoms with Crippen molar-refractivity contribution in [3.05, 3.63) is 29.8 Å². The van der Waals surface area contributed by atoms with Crippen LogP contribution in [0, 0.1) is 12.8 Å². The third kappa shape index (κ3) is 6.67. The Kier molecular flexibility index (Phi) is 7.79. The van der Waals surface area contributed by atoms with E-state index in [4.69, 9.17) is 4.74 Å². The summed E-state index contributed by atoms with van der Waals surface area (Å²) < 4.78 is 5.10. The maximum atomic E-state index is 12.5. The van der Waals surface area contributed by atoms with Crippen molar-refractivity contribution in [2.45, 2.75) is 26.7 Å². The molecule has 27 heavy (non-hydrogen) atoms. The molecule has 0 spiro atoms. The number of aryl methyl sites for hydroxylation is 1. The highest BCUT2D eigenvalue weighted by Gasteiger charge is 2.31. The lowest BCUT2D eigenvalue weighted by Crippen LogP contribution is -3.14. The fourth-order valence-corrected chi connectivity index (χ4v) is 3.26. The summed E-state index contributed by atoms with van der Waals surface area (Å²) in [5, 5.41) is 2.79. The summed E-state index contributed by atoms with van der Waals surface area (Å²) in [5.74, 6) is -0.647. The fraction of sp³-hybridized carbons (Fsp3) is 0.550. The summed E-state index contributed by atoms with van der Waals surface area (Å²) >= 11 is 0. The van der Waals surface area contributed by atoms with E-state index in [9.17, 15) is 14.4 Å². The van der Waals surface area contributed by atoms with Gasteiger partial charge in [0.25, 0.3) is 5.91 Å². The van der Waals surface area contributed by atoms with Crippen molar-refractivity contribution in [2.75, 3.05) is 45.2 Å². The van der Waals surface area contributed by atoms with Crippen LogP contribution < -0.4 is 10.2 Å². The lowest BCUT2D eigenvalue weighted by Gasteiger charge is -2.29. The Labute approximate surface area is 160 Å². The van der Waals surface area contributed by atoms with E-state index in [1.165, 1.54) is 4.90 Å². The van der Waals surface area contributed by atoms with Crippen molar-refractivity contribution in [3.63, 3.8) is 0 Å². The van der Waals surface area contributed by atoms with E-state index in [-0.39, 0.29) is 36.8 Å². The maximum Gasteiger partial charge on any atom is 0.314 e. The van der Waals surface area contributed by atoms with Gasteiger partial charge in [-0.3, -0.25) is 14.4 Å². The number of anilines is 1. The smallest absolute Gasteiger partial charge is 0.314 e. The Morgan fingerprint density at radius 2 is 1.96 bits per heavy atom. The molecule has 2 amide bonds. The zero-order valence-electron chi connectivity index (χ0n) is 16.4. The van der Waals surface area contributed by atoms with E-state index >= 15 is 0 Å². The minimum absolute atomic E-state index is 0.00128. The summed E-state index contributed by atoms with van der Waals surface area (Å²) in [6.07, 6.45) is 1.70. The molecule has 7 heteroatoms. The van der Waals surface area contributed by atoms with Gasteiger partial charge in [0.15, 0.2) is 6.54 Å². The number of likely N-dealkylation sites (tertiary alicyclic amines) is 1. The van der Waals surface area contributed by atoms with E-state index in [0.29, 0.717) is 18.8 Å². The van der Waals surface area contributed by atoms with Gasteiger partial charge in [-0.1, -0.05) is 17.7 Å². The lowest BCUT2D eigenvalue weighted by atomic mass is 9.98. The standard InChI is InChI=1S/C20H29N3O4/c1-4-27-20(26)16-6-5-11-23(12-16)14-19(25)22(3)13-18(24)21-17-9-7-15(2)8-10-17/h7-10,16H,4-6,11-14H2,1-3H3,(H,21,24)/p+1/t16-/m0/s1. The zero-order chi connectivity index (χ0) is 19.8. The van der Waals surface area contributed by atoms with Crippen LogP contribution in [0.4, 0.5) is 5.69 Å². The van der Waals surface area contributed by atoms with Crippen LogP contribution in [0.1, 0.15) is 25.3 Å². The number of amides is 2. The molecule has 1 aromatic rings. The summed E-state index contributed by atoms with van der Waals surface area (Å²) in [6.45, 7) is 5.89. The summed E-state index contributed by atoms with van der Waals surface area (Å²) in [5.41, 5.74) is 1.83. The Hall–Kier alpha value is -2.41. The molecule has 1 fully saturated rings. The molecule has 1 saturated heterocycles. The minimum Gasteiger partial charge on any atom is -0.466 e. The molecule has 0 aromatic heterocycles. The number of hydrogen-bond acceptors (Lipinski definition) is 4. The van der Waals surface area contributed by atoms with Gasteiger partial charge in [-0.15, -0.1) is 0 Å². The number of carbonyl (C=O) groups excluding carboxylic acids is 3. The highest BCUT2D eigenvalue weighted by atomic mass is 16.5. The number of benzene rings is 1. The molecule has 1 unspecified atom stereocenters. The molecule has 1 heterocycles. The minimum atomic E-state index is -0.229. The van der Waals surface area contributed by atoms with Crippen LogP contribution in [0.25, 0.3) is 0 Å². The Morgan fingerprint density at radius 3 is 2.63 bits per heavy atom. The van der Waals surface area contributed by atoms with Crippen molar-refractivity contribution >= 4 is 23.5 Å². The predicted octanol–water partition coefficient (Wildman–Crippen LogP) is 0.250. The molecule has 1 aromatic carbocycles. The Morgan fingerprint density at radius 1 is 1.26 bits per heavy atom. The molecule has 2 rings (SSSR count). The first kappa shape index (κ1) is 20.9. The van der Waals surface area contributed by atoms with Crippen molar-refractivity contribution in [3.8, 4) is 0 Å². The van der Waals surface area contributed by atoms with Crippen molar-refractivity contribution in [2.24, 2.45) is 5.92 Å². The van der Waals surface area contributed by atoms with Crippen LogP contribution in [0.5, 0.6) is 0 Å². The van der Waals surface area contributed by atoms with Gasteiger partial charge in [-0.25, -0.2) is 0 Å². The molecule has 0 bridgehead atoms. The molecular formula is C20H30N3O4+. The molecule has 2 atom stereocenters. The normalized spacial score (nSPS) is 19.2. The van der Waals surface area contributed by atoms with E-state index in [1.54, 1.807) is 14.0 Å². The fourth-order valence-electron chi connectivity index (χ4n) is 3.26. The molecule has 148 valence electrons. The van der Waals surface area contributed by atoms with Crippen LogP contribution in [0.3, 0.4) is 0 Å².